The van der Waals surface area contributed by atoms with Crippen molar-refractivity contribution in [3.05, 3.63) is 12.7 Å². The molecule has 148 valence electrons. The number of rotatable bonds is 18. The highest BCUT2D eigenvalue weighted by molar-refractivity contribution is 5.86. The monoisotopic (exact) mass is 353 g/mol. The van der Waals surface area contributed by atoms with E-state index in [2.05, 4.69) is 32.7 Å². The number of hydrogen-bond donors (Lipinski definition) is 1. The molecule has 3 nitrogen and oxygen atoms in total. The molecule has 0 fully saturated rings. The lowest BCUT2D eigenvalue weighted by atomic mass is 10.1. The molecule has 0 atom stereocenters. The summed E-state index contributed by atoms with van der Waals surface area (Å²) in [7, 11) is 0. The summed E-state index contributed by atoms with van der Waals surface area (Å²) in [6.07, 6.45) is 17.0. The fourth-order valence-electron chi connectivity index (χ4n) is 3.51. The Kier molecular flexibility index (Phi) is 16.1. The Morgan fingerprint density at radius 1 is 0.760 bits per heavy atom. The van der Waals surface area contributed by atoms with Gasteiger partial charge in [0.2, 0.25) is 5.91 Å². The van der Waals surface area contributed by atoms with Crippen molar-refractivity contribution in [3.8, 4) is 0 Å². The molecule has 0 aliphatic carbocycles. The van der Waals surface area contributed by atoms with Crippen LogP contribution in [0.25, 0.3) is 0 Å². The molecule has 25 heavy (non-hydrogen) atoms. The Labute approximate surface area is 157 Å². The molecule has 0 radical (unpaired) electrons. The zero-order valence-corrected chi connectivity index (χ0v) is 17.5. The Morgan fingerprint density at radius 2 is 1.16 bits per heavy atom. The number of carbonyl (C=O) groups excluding carboxylic acids is 1. The maximum Gasteiger partial charge on any atom is 0.247 e. The van der Waals surface area contributed by atoms with Gasteiger partial charge in [-0.2, -0.15) is 0 Å². The summed E-state index contributed by atoms with van der Waals surface area (Å²) in [5, 5.41) is 3.11. The summed E-state index contributed by atoms with van der Waals surface area (Å²) in [5.74, 6) is -0.0295. The second-order valence-electron chi connectivity index (χ2n) is 7.60. The summed E-state index contributed by atoms with van der Waals surface area (Å²) in [4.78, 5) is 11.7. The molecule has 0 saturated heterocycles. The molecule has 0 bridgehead atoms. The highest BCUT2D eigenvalue weighted by Crippen LogP contribution is 2.16. The number of carbonyl (C=O) groups is 1. The third-order valence-corrected chi connectivity index (χ3v) is 5.23. The smallest absolute Gasteiger partial charge is 0.247 e. The fraction of sp³-hybridized carbons (Fsp3) is 0.864. The molecule has 0 spiro atoms. The summed E-state index contributed by atoms with van der Waals surface area (Å²) in [6.45, 7) is 14.8. The maximum absolute atomic E-state index is 11.7. The quantitative estimate of drug-likeness (QED) is 0.143. The average Bonchev–Trinajstić information content (AvgIpc) is 2.63. The van der Waals surface area contributed by atoms with Crippen molar-refractivity contribution in [2.24, 2.45) is 0 Å². The topological polar surface area (TPSA) is 29.1 Å². The van der Waals surface area contributed by atoms with Crippen molar-refractivity contribution in [1.82, 2.24) is 5.32 Å². The Bertz CT molecular complexity index is 297. The molecule has 0 aromatic rings. The average molecular weight is 354 g/mol. The lowest BCUT2D eigenvalue weighted by Crippen LogP contribution is -2.55. The van der Waals surface area contributed by atoms with Crippen molar-refractivity contribution in [2.75, 3.05) is 26.3 Å². The second kappa shape index (κ2) is 16.6. The van der Waals surface area contributed by atoms with Gasteiger partial charge in [-0.25, -0.2) is 0 Å². The van der Waals surface area contributed by atoms with E-state index in [1.807, 2.05) is 0 Å². The molecule has 1 N–H and O–H groups in total. The molecular weight excluding hydrogens is 308 g/mol. The normalized spacial score (nSPS) is 11.5. The minimum Gasteiger partial charge on any atom is -0.307 e. The lowest BCUT2D eigenvalue weighted by molar-refractivity contribution is -0.930. The first-order valence-corrected chi connectivity index (χ1v) is 10.9. The van der Waals surface area contributed by atoms with Crippen molar-refractivity contribution >= 4 is 5.91 Å². The maximum atomic E-state index is 11.7. The zero-order valence-electron chi connectivity index (χ0n) is 17.5. The van der Waals surface area contributed by atoms with Gasteiger partial charge in [-0.3, -0.25) is 4.79 Å². The molecule has 0 heterocycles. The second-order valence-corrected chi connectivity index (χ2v) is 7.60. The molecule has 0 aromatic carbocycles. The fourth-order valence-corrected chi connectivity index (χ4v) is 3.51. The molecular formula is C22H45N2O+. The van der Waals surface area contributed by atoms with E-state index in [1.165, 1.54) is 103 Å². The van der Waals surface area contributed by atoms with Gasteiger partial charge in [0.15, 0.2) is 6.67 Å². The van der Waals surface area contributed by atoms with Gasteiger partial charge < -0.3 is 9.80 Å². The van der Waals surface area contributed by atoms with Gasteiger partial charge in [-0.15, -0.1) is 0 Å². The minimum absolute atomic E-state index is 0.0295. The third-order valence-electron chi connectivity index (χ3n) is 5.23. The molecule has 0 rings (SSSR count). The van der Waals surface area contributed by atoms with Crippen LogP contribution in [-0.4, -0.2) is 36.7 Å². The number of amides is 1. The van der Waals surface area contributed by atoms with Crippen LogP contribution >= 0.6 is 0 Å². The first-order valence-electron chi connectivity index (χ1n) is 10.9. The number of nitrogens with one attached hydrogen (secondary N) is 1. The van der Waals surface area contributed by atoms with Crippen molar-refractivity contribution in [2.45, 2.75) is 97.8 Å². The Hall–Kier alpha value is -0.830. The molecule has 0 saturated carbocycles. The number of unbranched alkanes of at least 4 members (excludes halogenated alkanes) is 9. The van der Waals surface area contributed by atoms with Gasteiger partial charge in [0.1, 0.15) is 0 Å². The van der Waals surface area contributed by atoms with Gasteiger partial charge in [0, 0.05) is 0 Å². The zero-order chi connectivity index (χ0) is 18.8. The van der Waals surface area contributed by atoms with Gasteiger partial charge in [-0.05, 0) is 44.6 Å². The van der Waals surface area contributed by atoms with Crippen LogP contribution in [0.4, 0.5) is 0 Å². The summed E-state index contributed by atoms with van der Waals surface area (Å²) < 4.78 is 1.07. The van der Waals surface area contributed by atoms with Crippen molar-refractivity contribution in [3.63, 3.8) is 0 Å². The lowest BCUT2D eigenvalue weighted by Gasteiger charge is -2.39. The molecule has 0 unspecified atom stereocenters. The molecule has 1 amide bonds. The number of quaternary nitrogens is 1. The van der Waals surface area contributed by atoms with Gasteiger partial charge >= 0.3 is 0 Å². The predicted molar refractivity (Wildman–Crippen MR) is 110 cm³/mol. The Morgan fingerprint density at radius 3 is 1.48 bits per heavy atom. The number of nitrogens with zero attached hydrogens (tertiary/aromatic N) is 1. The van der Waals surface area contributed by atoms with E-state index in [-0.39, 0.29) is 5.91 Å². The predicted octanol–water partition coefficient (Wildman–Crippen LogP) is 5.80. The van der Waals surface area contributed by atoms with Crippen molar-refractivity contribution < 1.29 is 9.28 Å². The van der Waals surface area contributed by atoms with Crippen molar-refractivity contribution in [1.29, 1.82) is 0 Å². The van der Waals surface area contributed by atoms with Crippen LogP contribution in [0.3, 0.4) is 0 Å². The van der Waals surface area contributed by atoms with Crippen LogP contribution in [0.15, 0.2) is 12.7 Å². The summed E-state index contributed by atoms with van der Waals surface area (Å²) >= 11 is 0. The first-order chi connectivity index (χ1) is 12.1. The van der Waals surface area contributed by atoms with Gasteiger partial charge in [0.05, 0.1) is 19.6 Å². The van der Waals surface area contributed by atoms with Crippen LogP contribution in [-0.2, 0) is 4.79 Å². The molecule has 0 aliphatic rings. The van der Waals surface area contributed by atoms with E-state index in [0.717, 1.165) is 11.2 Å². The van der Waals surface area contributed by atoms with Crippen LogP contribution < -0.4 is 5.32 Å². The number of hydrogen-bond acceptors (Lipinski definition) is 1. The van der Waals surface area contributed by atoms with E-state index < -0.39 is 0 Å². The third kappa shape index (κ3) is 13.1. The first kappa shape index (κ1) is 24.2. The SMILES string of the molecule is C=CC(=O)NC[N+](CCCCCC)(CCCCCC)CCCCCC. The van der Waals surface area contributed by atoms with E-state index in [4.69, 9.17) is 0 Å². The molecule has 0 aromatic heterocycles. The van der Waals surface area contributed by atoms with E-state index in [1.54, 1.807) is 0 Å². The molecule has 3 heteroatoms. The molecule has 0 aliphatic heterocycles. The summed E-state index contributed by atoms with van der Waals surface area (Å²) in [5.41, 5.74) is 0. The Balaban J connectivity index is 4.79. The largest absolute Gasteiger partial charge is 0.307 e. The van der Waals surface area contributed by atoms with Crippen LogP contribution in [0, 0.1) is 0 Å². The van der Waals surface area contributed by atoms with Crippen LogP contribution in [0.1, 0.15) is 97.8 Å². The van der Waals surface area contributed by atoms with E-state index in [0.29, 0.717) is 0 Å². The van der Waals surface area contributed by atoms with E-state index >= 15 is 0 Å². The standard InChI is InChI=1S/C22H44N2O/c1-5-9-12-15-18-24(19-16-13-10-6-2,20-17-14-11-7-3)21-23-22(25)8-4/h8H,4-7,9-21H2,1-3H3/p+1. The highest BCUT2D eigenvalue weighted by atomic mass is 16.1. The van der Waals surface area contributed by atoms with E-state index in [9.17, 15) is 4.79 Å². The van der Waals surface area contributed by atoms with Gasteiger partial charge in [-0.1, -0.05) is 65.9 Å². The minimum atomic E-state index is -0.0295. The van der Waals surface area contributed by atoms with Crippen LogP contribution in [0.2, 0.25) is 0 Å². The summed E-state index contributed by atoms with van der Waals surface area (Å²) in [6, 6.07) is 0. The van der Waals surface area contributed by atoms with Gasteiger partial charge in [0.25, 0.3) is 0 Å². The van der Waals surface area contributed by atoms with Crippen LogP contribution in [0.5, 0.6) is 0 Å². The highest BCUT2D eigenvalue weighted by Gasteiger charge is 2.26.